The van der Waals surface area contributed by atoms with E-state index in [2.05, 4.69) is 16.0 Å². The van der Waals surface area contributed by atoms with Crippen LogP contribution in [0.5, 0.6) is 0 Å². The molecule has 8 N–H and O–H groups in total. The van der Waals surface area contributed by atoms with E-state index in [1.165, 1.54) is 6.92 Å². The summed E-state index contributed by atoms with van der Waals surface area (Å²) in [6, 6.07) is -4.29. The number of carbonyl (C=O) groups excluding carboxylic acids is 4. The molecule has 0 aliphatic heterocycles. The number of nitrogens with one attached hydrogen (secondary N) is 3. The molecule has 0 heterocycles. The van der Waals surface area contributed by atoms with Crippen molar-refractivity contribution in [3.8, 4) is 0 Å². The lowest BCUT2D eigenvalue weighted by atomic mass is 10.0. The van der Waals surface area contributed by atoms with Crippen LogP contribution in [0.4, 0.5) is 0 Å². The molecular weight excluding hydrogens is 394 g/mol. The first kappa shape index (κ1) is 27.3. The van der Waals surface area contributed by atoms with Crippen LogP contribution in [-0.4, -0.2) is 58.9 Å². The van der Waals surface area contributed by atoms with Crippen molar-refractivity contribution >= 4 is 29.6 Å². The van der Waals surface area contributed by atoms with Gasteiger partial charge < -0.3 is 32.5 Å². The summed E-state index contributed by atoms with van der Waals surface area (Å²) in [6.07, 6.45) is 0.0899. The lowest BCUT2D eigenvalue weighted by Gasteiger charge is -2.24. The van der Waals surface area contributed by atoms with Crippen LogP contribution >= 0.6 is 0 Å². The lowest BCUT2D eigenvalue weighted by molar-refractivity contribution is -0.143. The van der Waals surface area contributed by atoms with E-state index in [1.54, 1.807) is 0 Å². The fourth-order valence-electron chi connectivity index (χ4n) is 2.67. The van der Waals surface area contributed by atoms with Crippen LogP contribution in [0.1, 0.15) is 53.9 Å². The van der Waals surface area contributed by atoms with Crippen LogP contribution in [0.25, 0.3) is 0 Å². The summed E-state index contributed by atoms with van der Waals surface area (Å²) in [7, 11) is 0. The maximum Gasteiger partial charge on any atom is 0.326 e. The smallest absolute Gasteiger partial charge is 0.326 e. The number of primary amides is 1. The minimum atomic E-state index is -1.51. The summed E-state index contributed by atoms with van der Waals surface area (Å²) in [5, 5.41) is 16.4. The van der Waals surface area contributed by atoms with Crippen molar-refractivity contribution in [2.75, 3.05) is 0 Å². The minimum absolute atomic E-state index is 0.00942. The van der Waals surface area contributed by atoms with Gasteiger partial charge in [-0.25, -0.2) is 4.79 Å². The molecule has 4 unspecified atom stereocenters. The van der Waals surface area contributed by atoms with Crippen molar-refractivity contribution in [2.45, 2.75) is 78.0 Å². The molecule has 0 aromatic rings. The predicted octanol–water partition coefficient (Wildman–Crippen LogP) is -1.16. The molecular formula is C19H35N5O6. The molecule has 0 bridgehead atoms. The van der Waals surface area contributed by atoms with Gasteiger partial charge in [0.1, 0.15) is 18.1 Å². The van der Waals surface area contributed by atoms with Crippen LogP contribution in [0, 0.1) is 11.8 Å². The third-order valence-corrected chi connectivity index (χ3v) is 4.17. The highest BCUT2D eigenvalue weighted by atomic mass is 16.4. The maximum absolute atomic E-state index is 12.5. The Bertz CT molecular complexity index is 637. The SMILES string of the molecule is CC(C)CC(N)C(=O)NC(C)C(=O)NC(CC(C)C)C(=O)NC(CC(N)=O)C(=O)O. The van der Waals surface area contributed by atoms with Gasteiger partial charge in [-0.05, 0) is 31.6 Å². The molecule has 4 amide bonds. The fraction of sp³-hybridized carbons (Fsp3) is 0.737. The normalized spacial score (nSPS) is 15.1. The van der Waals surface area contributed by atoms with Gasteiger partial charge in [-0.15, -0.1) is 0 Å². The average Bonchev–Trinajstić information content (AvgIpc) is 2.58. The molecule has 172 valence electrons. The Morgan fingerprint density at radius 2 is 1.27 bits per heavy atom. The summed E-state index contributed by atoms with van der Waals surface area (Å²) in [4.78, 5) is 59.4. The van der Waals surface area contributed by atoms with Gasteiger partial charge in [0, 0.05) is 0 Å². The summed E-state index contributed by atoms with van der Waals surface area (Å²) < 4.78 is 0. The van der Waals surface area contributed by atoms with Crippen molar-refractivity contribution in [2.24, 2.45) is 23.3 Å². The van der Waals surface area contributed by atoms with Crippen molar-refractivity contribution in [1.29, 1.82) is 0 Å². The molecule has 0 saturated carbocycles. The summed E-state index contributed by atoms with van der Waals surface area (Å²) >= 11 is 0. The molecule has 0 aliphatic carbocycles. The zero-order valence-electron chi connectivity index (χ0n) is 18.2. The van der Waals surface area contributed by atoms with Crippen LogP contribution < -0.4 is 27.4 Å². The molecule has 11 nitrogen and oxygen atoms in total. The highest BCUT2D eigenvalue weighted by Crippen LogP contribution is 2.07. The van der Waals surface area contributed by atoms with Gasteiger partial charge in [0.2, 0.25) is 23.6 Å². The number of amides is 4. The first-order chi connectivity index (χ1) is 13.7. The number of carboxylic acids is 1. The van der Waals surface area contributed by atoms with Gasteiger partial charge in [0.25, 0.3) is 0 Å². The van der Waals surface area contributed by atoms with Crippen LogP contribution in [0.2, 0.25) is 0 Å². The number of carbonyl (C=O) groups is 5. The number of rotatable bonds is 13. The quantitative estimate of drug-likeness (QED) is 0.212. The van der Waals surface area contributed by atoms with Crippen molar-refractivity contribution in [3.63, 3.8) is 0 Å². The number of nitrogens with two attached hydrogens (primary N) is 2. The third kappa shape index (κ3) is 10.7. The Balaban J connectivity index is 5.11. The first-order valence-electron chi connectivity index (χ1n) is 9.92. The van der Waals surface area contributed by atoms with E-state index in [4.69, 9.17) is 16.6 Å². The number of carboxylic acid groups (broad SMARTS) is 1. The van der Waals surface area contributed by atoms with Gasteiger partial charge in [-0.2, -0.15) is 0 Å². The topological polar surface area (TPSA) is 194 Å². The van der Waals surface area contributed by atoms with Gasteiger partial charge in [-0.3, -0.25) is 19.2 Å². The van der Waals surface area contributed by atoms with Gasteiger partial charge in [0.15, 0.2) is 0 Å². The zero-order chi connectivity index (χ0) is 23.6. The fourth-order valence-corrected chi connectivity index (χ4v) is 2.67. The van der Waals surface area contributed by atoms with E-state index in [0.29, 0.717) is 6.42 Å². The number of hydrogen-bond donors (Lipinski definition) is 6. The maximum atomic E-state index is 12.5. The highest BCUT2D eigenvalue weighted by Gasteiger charge is 2.30. The Morgan fingerprint density at radius 1 is 0.767 bits per heavy atom. The number of hydrogen-bond acceptors (Lipinski definition) is 6. The average molecular weight is 430 g/mol. The van der Waals surface area contributed by atoms with E-state index in [-0.39, 0.29) is 18.3 Å². The van der Waals surface area contributed by atoms with Gasteiger partial charge >= 0.3 is 5.97 Å². The molecule has 4 atom stereocenters. The van der Waals surface area contributed by atoms with E-state index >= 15 is 0 Å². The molecule has 0 spiro atoms. The van der Waals surface area contributed by atoms with Crippen LogP contribution in [-0.2, 0) is 24.0 Å². The summed E-state index contributed by atoms with van der Waals surface area (Å²) in [5.74, 6) is -3.98. The molecule has 30 heavy (non-hydrogen) atoms. The van der Waals surface area contributed by atoms with Crippen molar-refractivity contribution in [1.82, 2.24) is 16.0 Å². The Morgan fingerprint density at radius 3 is 1.70 bits per heavy atom. The largest absolute Gasteiger partial charge is 0.480 e. The summed E-state index contributed by atoms with van der Waals surface area (Å²) in [5.41, 5.74) is 10.8. The van der Waals surface area contributed by atoms with Gasteiger partial charge in [0.05, 0.1) is 12.5 Å². The molecule has 0 aliphatic rings. The van der Waals surface area contributed by atoms with Crippen molar-refractivity contribution < 1.29 is 29.1 Å². The summed E-state index contributed by atoms with van der Waals surface area (Å²) in [6.45, 7) is 8.93. The van der Waals surface area contributed by atoms with E-state index in [0.717, 1.165) is 0 Å². The number of aliphatic carboxylic acids is 1. The van der Waals surface area contributed by atoms with Crippen LogP contribution in [0.15, 0.2) is 0 Å². The molecule has 0 rings (SSSR count). The predicted molar refractivity (Wildman–Crippen MR) is 110 cm³/mol. The van der Waals surface area contributed by atoms with Crippen molar-refractivity contribution in [3.05, 3.63) is 0 Å². The first-order valence-corrected chi connectivity index (χ1v) is 9.92. The molecule has 11 heteroatoms. The lowest BCUT2D eigenvalue weighted by Crippen LogP contribution is -2.57. The molecule has 0 aromatic heterocycles. The van der Waals surface area contributed by atoms with Crippen LogP contribution in [0.3, 0.4) is 0 Å². The third-order valence-electron chi connectivity index (χ3n) is 4.17. The second-order valence-electron chi connectivity index (χ2n) is 8.23. The monoisotopic (exact) mass is 429 g/mol. The second-order valence-corrected chi connectivity index (χ2v) is 8.23. The minimum Gasteiger partial charge on any atom is -0.480 e. The van der Waals surface area contributed by atoms with Gasteiger partial charge in [-0.1, -0.05) is 27.7 Å². The van der Waals surface area contributed by atoms with E-state index < -0.39 is 60.2 Å². The van der Waals surface area contributed by atoms with E-state index in [9.17, 15) is 24.0 Å². The molecule has 0 radical (unpaired) electrons. The van der Waals surface area contributed by atoms with E-state index in [1.807, 2.05) is 27.7 Å². The molecule has 0 fully saturated rings. The Hall–Kier alpha value is -2.69. The molecule has 0 saturated heterocycles. The highest BCUT2D eigenvalue weighted by molar-refractivity contribution is 5.94. The second kappa shape index (κ2) is 12.8. The molecule has 0 aromatic carbocycles. The Labute approximate surface area is 176 Å². The Kier molecular flexibility index (Phi) is 11.6. The standard InChI is InChI=1S/C19H35N5O6/c1-9(2)6-12(20)17(27)22-11(5)16(26)23-13(7-10(3)4)18(28)24-14(19(29)30)8-15(21)25/h9-14H,6-8,20H2,1-5H3,(H2,21,25)(H,22,27)(H,23,26)(H,24,28)(H,29,30). The zero-order valence-corrected chi connectivity index (χ0v) is 18.2.